The van der Waals surface area contributed by atoms with Crippen LogP contribution >= 0.6 is 0 Å². The first kappa shape index (κ1) is 12.8. The summed E-state index contributed by atoms with van der Waals surface area (Å²) in [6.07, 6.45) is 0.290. The van der Waals surface area contributed by atoms with Crippen molar-refractivity contribution in [1.82, 2.24) is 4.98 Å². The second kappa shape index (κ2) is 4.84. The van der Waals surface area contributed by atoms with Crippen molar-refractivity contribution in [2.45, 2.75) is 12.5 Å². The van der Waals surface area contributed by atoms with Gasteiger partial charge in [-0.05, 0) is 29.7 Å². The number of carbonyl (C=O) groups excluding carboxylic acids is 1. The number of para-hydroxylation sites is 2. The molecule has 0 spiro atoms. The maximum atomic E-state index is 12.3. The molecule has 0 fully saturated rings. The molecular formula is C18H14N2O2. The number of pyridine rings is 1. The summed E-state index contributed by atoms with van der Waals surface area (Å²) in [4.78, 5) is 27.5. The van der Waals surface area contributed by atoms with Gasteiger partial charge in [-0.25, -0.2) is 0 Å². The van der Waals surface area contributed by atoms with Gasteiger partial charge in [-0.1, -0.05) is 30.3 Å². The normalized spacial score (nSPS) is 17.1. The summed E-state index contributed by atoms with van der Waals surface area (Å²) in [7, 11) is 0. The van der Waals surface area contributed by atoms with E-state index in [0.717, 1.165) is 16.6 Å². The number of hydrogen-bond acceptors (Lipinski definition) is 3. The first-order valence-corrected chi connectivity index (χ1v) is 7.23. The Bertz CT molecular complexity index is 943. The number of aromatic amines is 1. The van der Waals surface area contributed by atoms with E-state index < -0.39 is 0 Å². The second-order valence-corrected chi connectivity index (χ2v) is 5.51. The van der Waals surface area contributed by atoms with Gasteiger partial charge in [0.2, 0.25) is 0 Å². The van der Waals surface area contributed by atoms with Crippen LogP contribution in [0.5, 0.6) is 0 Å². The highest BCUT2D eigenvalue weighted by Gasteiger charge is 2.26. The van der Waals surface area contributed by atoms with Crippen molar-refractivity contribution in [1.29, 1.82) is 0 Å². The minimum atomic E-state index is -0.296. The quantitative estimate of drug-likeness (QED) is 0.723. The number of aromatic nitrogens is 1. The third-order valence-electron chi connectivity index (χ3n) is 4.10. The third-order valence-corrected chi connectivity index (χ3v) is 4.10. The van der Waals surface area contributed by atoms with Gasteiger partial charge in [0.1, 0.15) is 0 Å². The number of Topliss-reactive ketones (excluding diaryl/α,β-unsaturated/α-hetero) is 1. The van der Waals surface area contributed by atoms with E-state index in [4.69, 9.17) is 0 Å². The van der Waals surface area contributed by atoms with Gasteiger partial charge in [0, 0.05) is 28.8 Å². The first-order valence-electron chi connectivity index (χ1n) is 7.23. The maximum absolute atomic E-state index is 12.3. The maximum Gasteiger partial charge on any atom is 0.253 e. The van der Waals surface area contributed by atoms with E-state index in [1.165, 1.54) is 0 Å². The molecule has 2 heterocycles. The molecule has 1 aliphatic rings. The fourth-order valence-electron chi connectivity index (χ4n) is 3.00. The van der Waals surface area contributed by atoms with Crippen molar-refractivity contribution >= 4 is 22.4 Å². The number of rotatable bonds is 1. The molecule has 4 nitrogen and oxygen atoms in total. The lowest BCUT2D eigenvalue weighted by Gasteiger charge is -2.26. The van der Waals surface area contributed by atoms with Crippen LogP contribution in [-0.4, -0.2) is 10.8 Å². The Labute approximate surface area is 126 Å². The van der Waals surface area contributed by atoms with Gasteiger partial charge < -0.3 is 10.3 Å². The van der Waals surface area contributed by atoms with Crippen LogP contribution in [0.15, 0.2) is 59.4 Å². The third kappa shape index (κ3) is 2.00. The Hall–Kier alpha value is -2.88. The number of benzene rings is 2. The van der Waals surface area contributed by atoms with Crippen molar-refractivity contribution in [3.05, 3.63) is 76.1 Å². The van der Waals surface area contributed by atoms with Crippen LogP contribution in [0.25, 0.3) is 10.9 Å². The van der Waals surface area contributed by atoms with Gasteiger partial charge in [-0.2, -0.15) is 0 Å². The molecule has 0 saturated heterocycles. The summed E-state index contributed by atoms with van der Waals surface area (Å²) >= 11 is 0. The molecule has 0 saturated carbocycles. The van der Waals surface area contributed by atoms with Crippen molar-refractivity contribution in [2.24, 2.45) is 0 Å². The molecule has 0 aliphatic carbocycles. The molecule has 1 aromatic heterocycles. The Morgan fingerprint density at radius 2 is 1.73 bits per heavy atom. The molecule has 1 unspecified atom stereocenters. The Morgan fingerprint density at radius 1 is 0.955 bits per heavy atom. The molecule has 3 aromatic rings. The number of ketones is 1. The van der Waals surface area contributed by atoms with Gasteiger partial charge in [0.15, 0.2) is 5.78 Å². The van der Waals surface area contributed by atoms with E-state index >= 15 is 0 Å². The predicted octanol–water partition coefficient (Wildman–Crippen LogP) is 3.27. The molecule has 4 rings (SSSR count). The number of hydrogen-bond donors (Lipinski definition) is 2. The number of H-pyrrole nitrogens is 1. The van der Waals surface area contributed by atoms with Crippen LogP contribution < -0.4 is 10.9 Å². The second-order valence-electron chi connectivity index (χ2n) is 5.51. The van der Waals surface area contributed by atoms with Gasteiger partial charge >= 0.3 is 0 Å². The van der Waals surface area contributed by atoms with Crippen molar-refractivity contribution < 1.29 is 4.79 Å². The van der Waals surface area contributed by atoms with Crippen LogP contribution in [0, 0.1) is 0 Å². The van der Waals surface area contributed by atoms with Crippen LogP contribution in [0.1, 0.15) is 28.4 Å². The summed E-state index contributed by atoms with van der Waals surface area (Å²) in [5.74, 6) is 0.0620. The zero-order valence-corrected chi connectivity index (χ0v) is 11.8. The van der Waals surface area contributed by atoms with Gasteiger partial charge in [0.05, 0.1) is 6.04 Å². The van der Waals surface area contributed by atoms with Crippen LogP contribution in [0.3, 0.4) is 0 Å². The summed E-state index contributed by atoms with van der Waals surface area (Å²) in [6, 6.07) is 16.6. The van der Waals surface area contributed by atoms with E-state index in [9.17, 15) is 9.59 Å². The minimum absolute atomic E-state index is 0.0620. The van der Waals surface area contributed by atoms with E-state index in [1.807, 2.05) is 54.6 Å². The minimum Gasteiger partial charge on any atom is -0.377 e. The average Bonchev–Trinajstić information content (AvgIpc) is 2.54. The lowest BCUT2D eigenvalue weighted by molar-refractivity contribution is 0.0972. The van der Waals surface area contributed by atoms with E-state index in [1.54, 1.807) is 0 Å². The Balaban J connectivity index is 1.82. The molecule has 1 atom stereocenters. The van der Waals surface area contributed by atoms with Crippen molar-refractivity contribution in [3.63, 3.8) is 0 Å². The smallest absolute Gasteiger partial charge is 0.253 e. The standard InChI is InChI=1S/C18H14N2O2/c21-17-10-16(19-15-8-4-2-6-12(15)17)13-9-11-5-1-3-7-14(11)20-18(13)22/h1-9,16,19H,10H2,(H,20,22). The van der Waals surface area contributed by atoms with Crippen molar-refractivity contribution in [2.75, 3.05) is 5.32 Å². The highest BCUT2D eigenvalue weighted by atomic mass is 16.1. The van der Waals surface area contributed by atoms with E-state index in [2.05, 4.69) is 10.3 Å². The highest BCUT2D eigenvalue weighted by Crippen LogP contribution is 2.31. The molecule has 0 bridgehead atoms. The number of anilines is 1. The summed E-state index contributed by atoms with van der Waals surface area (Å²) in [5.41, 5.74) is 2.73. The molecule has 2 N–H and O–H groups in total. The molecule has 22 heavy (non-hydrogen) atoms. The number of carbonyl (C=O) groups is 1. The van der Waals surface area contributed by atoms with Crippen LogP contribution in [-0.2, 0) is 0 Å². The number of fused-ring (bicyclic) bond motifs is 2. The SMILES string of the molecule is O=C1CC(c2cc3ccccc3[nH]c2=O)Nc2ccccc21. The monoisotopic (exact) mass is 290 g/mol. The first-order chi connectivity index (χ1) is 10.7. The highest BCUT2D eigenvalue weighted by molar-refractivity contribution is 6.03. The topological polar surface area (TPSA) is 62.0 Å². The van der Waals surface area contributed by atoms with Gasteiger partial charge in [-0.15, -0.1) is 0 Å². The summed E-state index contributed by atoms with van der Waals surface area (Å²) in [6.45, 7) is 0. The van der Waals surface area contributed by atoms with E-state index in [-0.39, 0.29) is 17.4 Å². The molecule has 4 heteroatoms. The predicted molar refractivity (Wildman–Crippen MR) is 86.3 cm³/mol. The molecule has 2 aromatic carbocycles. The Kier molecular flexibility index (Phi) is 2.82. The zero-order chi connectivity index (χ0) is 15.1. The summed E-state index contributed by atoms with van der Waals surface area (Å²) < 4.78 is 0. The van der Waals surface area contributed by atoms with Gasteiger partial charge in [0.25, 0.3) is 5.56 Å². The zero-order valence-electron chi connectivity index (χ0n) is 11.8. The molecular weight excluding hydrogens is 276 g/mol. The lowest BCUT2D eigenvalue weighted by atomic mass is 9.92. The molecule has 0 amide bonds. The van der Waals surface area contributed by atoms with E-state index in [0.29, 0.717) is 17.5 Å². The van der Waals surface area contributed by atoms with Crippen LogP contribution in [0.2, 0.25) is 0 Å². The molecule has 0 radical (unpaired) electrons. The van der Waals surface area contributed by atoms with Crippen molar-refractivity contribution in [3.8, 4) is 0 Å². The van der Waals surface area contributed by atoms with Gasteiger partial charge in [-0.3, -0.25) is 9.59 Å². The summed E-state index contributed by atoms with van der Waals surface area (Å²) in [5, 5.41) is 4.27. The molecule has 1 aliphatic heterocycles. The fraction of sp³-hybridized carbons (Fsp3) is 0.111. The average molecular weight is 290 g/mol. The van der Waals surface area contributed by atoms with Crippen LogP contribution in [0.4, 0.5) is 5.69 Å². The number of nitrogens with one attached hydrogen (secondary N) is 2. The Morgan fingerprint density at radius 3 is 2.64 bits per heavy atom. The largest absolute Gasteiger partial charge is 0.377 e. The lowest BCUT2D eigenvalue weighted by Crippen LogP contribution is -2.27. The molecule has 108 valence electrons. The fourth-order valence-corrected chi connectivity index (χ4v) is 3.00.